The van der Waals surface area contributed by atoms with Crippen LogP contribution in [0, 0.1) is 5.92 Å². The van der Waals surface area contributed by atoms with Crippen LogP contribution in [-0.4, -0.2) is 12.2 Å². The van der Waals surface area contributed by atoms with Crippen LogP contribution in [0.3, 0.4) is 0 Å². The summed E-state index contributed by atoms with van der Waals surface area (Å²) in [5, 5.41) is 0. The average molecular weight is 323 g/mol. The van der Waals surface area contributed by atoms with E-state index in [9.17, 15) is 0 Å². The first-order valence-electron chi connectivity index (χ1n) is 10.6. The molecule has 1 aliphatic carbocycles. The molecule has 136 valence electrons. The molecule has 1 heteroatoms. The lowest BCUT2D eigenvalue weighted by molar-refractivity contribution is -0.0815. The van der Waals surface area contributed by atoms with Gasteiger partial charge in [0.25, 0.3) is 0 Å². The van der Waals surface area contributed by atoms with E-state index in [1.807, 2.05) is 0 Å². The molecule has 1 rings (SSSR count). The molecule has 0 aromatic heterocycles. The van der Waals surface area contributed by atoms with E-state index in [2.05, 4.69) is 33.8 Å². The average Bonchev–Trinajstić information content (AvgIpc) is 2.60. The number of unbranched alkanes of at least 4 members (excludes halogenated alkanes) is 5. The van der Waals surface area contributed by atoms with Crippen molar-refractivity contribution >= 4 is 0 Å². The maximum atomic E-state index is 6.40. The second-order valence-corrected chi connectivity index (χ2v) is 7.34. The topological polar surface area (TPSA) is 9.23 Å². The Morgan fingerprint density at radius 3 is 2.22 bits per heavy atom. The number of ether oxygens (including phenoxy) is 1. The lowest BCUT2D eigenvalue weighted by Crippen LogP contribution is -2.41. The lowest BCUT2D eigenvalue weighted by Gasteiger charge is -2.42. The molecule has 0 bridgehead atoms. The normalized spacial score (nSPS) is 17.1. The van der Waals surface area contributed by atoms with Gasteiger partial charge in [-0.1, -0.05) is 70.9 Å². The van der Waals surface area contributed by atoms with Crippen molar-refractivity contribution < 1.29 is 4.74 Å². The molecular formula is C22H42O. The Bertz CT molecular complexity index is 314. The standard InChI is InChI=1S/C22H42O/c1-5-9-10-11-12-16-19-21(20-17-14-13-15-18-20)22(6-2,7-3)23-8-4/h17,21H,5-16,18-19H2,1-4H3. The first kappa shape index (κ1) is 20.7. The predicted octanol–water partition coefficient (Wildman–Crippen LogP) is 7.45. The highest BCUT2D eigenvalue weighted by molar-refractivity contribution is 5.15. The van der Waals surface area contributed by atoms with Gasteiger partial charge in [-0.3, -0.25) is 0 Å². The van der Waals surface area contributed by atoms with Gasteiger partial charge in [0.15, 0.2) is 0 Å². The molecule has 0 radical (unpaired) electrons. The van der Waals surface area contributed by atoms with Gasteiger partial charge in [-0.25, -0.2) is 0 Å². The third-order valence-corrected chi connectivity index (χ3v) is 5.88. The van der Waals surface area contributed by atoms with Crippen LogP contribution in [0.5, 0.6) is 0 Å². The smallest absolute Gasteiger partial charge is 0.0742 e. The summed E-state index contributed by atoms with van der Waals surface area (Å²) in [6, 6.07) is 0. The second kappa shape index (κ2) is 12.1. The second-order valence-electron chi connectivity index (χ2n) is 7.34. The van der Waals surface area contributed by atoms with Gasteiger partial charge >= 0.3 is 0 Å². The van der Waals surface area contributed by atoms with Gasteiger partial charge in [0.1, 0.15) is 0 Å². The van der Waals surface area contributed by atoms with Crippen molar-refractivity contribution in [3.05, 3.63) is 11.6 Å². The van der Waals surface area contributed by atoms with E-state index < -0.39 is 0 Å². The zero-order valence-corrected chi connectivity index (χ0v) is 16.5. The van der Waals surface area contributed by atoms with Crippen LogP contribution in [0.4, 0.5) is 0 Å². The van der Waals surface area contributed by atoms with Gasteiger partial charge in [-0.2, -0.15) is 0 Å². The summed E-state index contributed by atoms with van der Waals surface area (Å²) in [4.78, 5) is 0. The maximum absolute atomic E-state index is 6.40. The van der Waals surface area contributed by atoms with E-state index >= 15 is 0 Å². The number of hydrogen-bond acceptors (Lipinski definition) is 1. The highest BCUT2D eigenvalue weighted by atomic mass is 16.5. The van der Waals surface area contributed by atoms with E-state index in [0.29, 0.717) is 5.92 Å². The Balaban J connectivity index is 2.70. The molecule has 0 saturated carbocycles. The predicted molar refractivity (Wildman–Crippen MR) is 103 cm³/mol. The molecule has 0 aromatic rings. The lowest BCUT2D eigenvalue weighted by atomic mass is 9.72. The third kappa shape index (κ3) is 6.61. The Labute approximate surface area is 146 Å². The van der Waals surface area contributed by atoms with Crippen LogP contribution in [0.15, 0.2) is 11.6 Å². The molecule has 0 amide bonds. The van der Waals surface area contributed by atoms with Crippen LogP contribution >= 0.6 is 0 Å². The summed E-state index contributed by atoms with van der Waals surface area (Å²) in [5.41, 5.74) is 1.81. The van der Waals surface area contributed by atoms with Crippen LogP contribution in [0.1, 0.15) is 111 Å². The third-order valence-electron chi connectivity index (χ3n) is 5.88. The van der Waals surface area contributed by atoms with Crippen LogP contribution < -0.4 is 0 Å². The summed E-state index contributed by atoms with van der Waals surface area (Å²) in [6.45, 7) is 9.97. The molecule has 1 atom stereocenters. The molecule has 0 spiro atoms. The van der Waals surface area contributed by atoms with E-state index in [1.165, 1.54) is 70.6 Å². The molecule has 0 aliphatic heterocycles. The van der Waals surface area contributed by atoms with Gasteiger partial charge in [-0.15, -0.1) is 0 Å². The van der Waals surface area contributed by atoms with Gasteiger partial charge in [0.05, 0.1) is 5.60 Å². The van der Waals surface area contributed by atoms with Crippen LogP contribution in [0.25, 0.3) is 0 Å². The Hall–Kier alpha value is -0.300. The zero-order chi connectivity index (χ0) is 17.0. The fourth-order valence-corrected chi connectivity index (χ4v) is 4.43. The quantitative estimate of drug-likeness (QED) is 0.253. The van der Waals surface area contributed by atoms with Crippen molar-refractivity contribution in [1.82, 2.24) is 0 Å². The number of hydrogen-bond donors (Lipinski definition) is 0. The molecule has 1 aliphatic rings. The largest absolute Gasteiger partial charge is 0.375 e. The molecule has 23 heavy (non-hydrogen) atoms. The van der Waals surface area contributed by atoms with Gasteiger partial charge < -0.3 is 4.74 Å². The molecule has 0 heterocycles. The summed E-state index contributed by atoms with van der Waals surface area (Å²) in [5.74, 6) is 0.656. The van der Waals surface area contributed by atoms with Gasteiger partial charge in [0, 0.05) is 12.5 Å². The van der Waals surface area contributed by atoms with Crippen molar-refractivity contribution in [2.75, 3.05) is 6.61 Å². The van der Waals surface area contributed by atoms with E-state index in [-0.39, 0.29) is 5.60 Å². The Morgan fingerprint density at radius 1 is 0.957 bits per heavy atom. The molecular weight excluding hydrogens is 280 g/mol. The van der Waals surface area contributed by atoms with E-state index in [4.69, 9.17) is 4.74 Å². The summed E-state index contributed by atoms with van der Waals surface area (Å²) >= 11 is 0. The van der Waals surface area contributed by atoms with Crippen LogP contribution in [-0.2, 0) is 4.74 Å². The van der Waals surface area contributed by atoms with Crippen molar-refractivity contribution in [3.8, 4) is 0 Å². The van der Waals surface area contributed by atoms with Gasteiger partial charge in [0.2, 0.25) is 0 Å². The zero-order valence-electron chi connectivity index (χ0n) is 16.5. The van der Waals surface area contributed by atoms with Crippen molar-refractivity contribution in [2.24, 2.45) is 5.92 Å². The number of allylic oxidation sites excluding steroid dienone is 1. The molecule has 0 N–H and O–H groups in total. The maximum Gasteiger partial charge on any atom is 0.0742 e. The van der Waals surface area contributed by atoms with Crippen LogP contribution in [0.2, 0.25) is 0 Å². The minimum Gasteiger partial charge on any atom is -0.375 e. The highest BCUT2D eigenvalue weighted by Gasteiger charge is 2.38. The number of rotatable bonds is 13. The fraction of sp³-hybridized carbons (Fsp3) is 0.909. The molecule has 0 saturated heterocycles. The Morgan fingerprint density at radius 2 is 1.65 bits per heavy atom. The van der Waals surface area contributed by atoms with Gasteiger partial charge in [-0.05, 0) is 51.9 Å². The molecule has 1 nitrogen and oxygen atoms in total. The first-order chi connectivity index (χ1) is 11.2. The molecule has 1 unspecified atom stereocenters. The van der Waals surface area contributed by atoms with Crippen molar-refractivity contribution in [1.29, 1.82) is 0 Å². The molecule has 0 aromatic carbocycles. The summed E-state index contributed by atoms with van der Waals surface area (Å²) in [7, 11) is 0. The van der Waals surface area contributed by atoms with E-state index in [1.54, 1.807) is 5.57 Å². The monoisotopic (exact) mass is 322 g/mol. The van der Waals surface area contributed by atoms with Crippen molar-refractivity contribution in [2.45, 2.75) is 117 Å². The SMILES string of the molecule is CCCCCCCCC(C1=CCCCC1)C(CC)(CC)OCC. The minimum absolute atomic E-state index is 0.0847. The molecule has 0 fully saturated rings. The first-order valence-corrected chi connectivity index (χ1v) is 10.6. The van der Waals surface area contributed by atoms with E-state index in [0.717, 1.165) is 19.4 Å². The summed E-state index contributed by atoms with van der Waals surface area (Å²) in [6.07, 6.45) is 19.9. The minimum atomic E-state index is 0.0847. The summed E-state index contributed by atoms with van der Waals surface area (Å²) < 4.78 is 6.40. The highest BCUT2D eigenvalue weighted by Crippen LogP contribution is 2.41. The van der Waals surface area contributed by atoms with Crippen molar-refractivity contribution in [3.63, 3.8) is 0 Å². The Kier molecular flexibility index (Phi) is 10.9. The fourth-order valence-electron chi connectivity index (χ4n) is 4.43.